The minimum atomic E-state index is 0.661. The molecule has 2 rings (SSSR count). The zero-order valence-corrected chi connectivity index (χ0v) is 14.4. The summed E-state index contributed by atoms with van der Waals surface area (Å²) in [4.78, 5) is 2.54. The molecule has 0 heterocycles. The highest BCUT2D eigenvalue weighted by Gasteiger charge is 2.25. The second-order valence-corrected chi connectivity index (χ2v) is 7.06. The largest absolute Gasteiger partial charge is 0.371 e. The first-order valence-corrected chi connectivity index (χ1v) is 8.72. The third-order valence-corrected chi connectivity index (χ3v) is 4.31. The molecule has 3 heteroatoms. The Bertz CT molecular complexity index is 441. The van der Waals surface area contributed by atoms with Crippen LogP contribution in [0.25, 0.3) is 0 Å². The lowest BCUT2D eigenvalue weighted by Gasteiger charge is -2.27. The molecule has 118 valence electrons. The molecule has 0 bridgehead atoms. The summed E-state index contributed by atoms with van der Waals surface area (Å²) in [5, 5.41) is 4.43. The molecule has 2 nitrogen and oxygen atoms in total. The van der Waals surface area contributed by atoms with E-state index < -0.39 is 0 Å². The van der Waals surface area contributed by atoms with Crippen LogP contribution in [0.4, 0.5) is 5.69 Å². The molecule has 1 aromatic carbocycles. The van der Waals surface area contributed by atoms with E-state index in [1.807, 2.05) is 6.07 Å². The molecular weight excluding hydrogens is 280 g/mol. The van der Waals surface area contributed by atoms with Crippen molar-refractivity contribution in [3.8, 4) is 0 Å². The Balaban J connectivity index is 2.12. The Kier molecular flexibility index (Phi) is 6.38. The van der Waals surface area contributed by atoms with Crippen LogP contribution in [0.1, 0.15) is 45.6 Å². The number of anilines is 1. The van der Waals surface area contributed by atoms with Crippen LogP contribution >= 0.6 is 11.6 Å². The number of nitrogens with one attached hydrogen (secondary N) is 1. The Morgan fingerprint density at radius 3 is 2.71 bits per heavy atom. The third kappa shape index (κ3) is 5.19. The SMILES string of the molecule is CCCN(CC1CC1)c1cccc(Cl)c1CNCC(C)C. The highest BCUT2D eigenvalue weighted by atomic mass is 35.5. The molecule has 0 radical (unpaired) electrons. The van der Waals surface area contributed by atoms with Gasteiger partial charge in [-0.3, -0.25) is 0 Å². The fourth-order valence-corrected chi connectivity index (χ4v) is 2.93. The van der Waals surface area contributed by atoms with E-state index in [4.69, 9.17) is 11.6 Å². The highest BCUT2D eigenvalue weighted by molar-refractivity contribution is 6.31. The van der Waals surface area contributed by atoms with Crippen molar-refractivity contribution in [2.45, 2.75) is 46.6 Å². The monoisotopic (exact) mass is 308 g/mol. The van der Waals surface area contributed by atoms with Gasteiger partial charge in [-0.1, -0.05) is 38.4 Å². The van der Waals surface area contributed by atoms with Gasteiger partial charge < -0.3 is 10.2 Å². The molecule has 0 unspecified atom stereocenters. The smallest absolute Gasteiger partial charge is 0.0471 e. The van der Waals surface area contributed by atoms with Crippen LogP contribution in [0.15, 0.2) is 18.2 Å². The number of hydrogen-bond acceptors (Lipinski definition) is 2. The molecule has 1 fully saturated rings. The zero-order valence-electron chi connectivity index (χ0n) is 13.7. The molecule has 1 aliphatic rings. The lowest BCUT2D eigenvalue weighted by Crippen LogP contribution is -2.29. The molecule has 0 amide bonds. The summed E-state index contributed by atoms with van der Waals surface area (Å²) >= 11 is 6.47. The summed E-state index contributed by atoms with van der Waals surface area (Å²) < 4.78 is 0. The maximum Gasteiger partial charge on any atom is 0.0471 e. The van der Waals surface area contributed by atoms with Crippen LogP contribution in [-0.4, -0.2) is 19.6 Å². The molecule has 1 N–H and O–H groups in total. The Morgan fingerprint density at radius 1 is 1.33 bits per heavy atom. The predicted octanol–water partition coefficient (Wildman–Crippen LogP) is 4.71. The third-order valence-electron chi connectivity index (χ3n) is 3.96. The van der Waals surface area contributed by atoms with E-state index >= 15 is 0 Å². The minimum absolute atomic E-state index is 0.661. The molecule has 0 aromatic heterocycles. The van der Waals surface area contributed by atoms with Crippen LogP contribution in [0, 0.1) is 11.8 Å². The summed E-state index contributed by atoms with van der Waals surface area (Å²) in [7, 11) is 0. The van der Waals surface area contributed by atoms with Gasteiger partial charge >= 0.3 is 0 Å². The average Bonchev–Trinajstić information content (AvgIpc) is 3.24. The van der Waals surface area contributed by atoms with E-state index in [9.17, 15) is 0 Å². The van der Waals surface area contributed by atoms with E-state index in [-0.39, 0.29) is 0 Å². The van der Waals surface area contributed by atoms with E-state index in [1.54, 1.807) is 0 Å². The van der Waals surface area contributed by atoms with Crippen LogP contribution in [0.3, 0.4) is 0 Å². The van der Waals surface area contributed by atoms with Gasteiger partial charge in [0.15, 0.2) is 0 Å². The van der Waals surface area contributed by atoms with Crippen LogP contribution in [0.2, 0.25) is 5.02 Å². The summed E-state index contributed by atoms with van der Waals surface area (Å²) in [6, 6.07) is 6.33. The topological polar surface area (TPSA) is 15.3 Å². The molecule has 21 heavy (non-hydrogen) atoms. The van der Waals surface area contributed by atoms with Crippen molar-refractivity contribution in [2.24, 2.45) is 11.8 Å². The molecule has 1 saturated carbocycles. The van der Waals surface area contributed by atoms with Gasteiger partial charge in [-0.25, -0.2) is 0 Å². The maximum absolute atomic E-state index is 6.47. The number of nitrogens with zero attached hydrogens (tertiary/aromatic N) is 1. The molecule has 0 aliphatic heterocycles. The standard InChI is InChI=1S/C18H29ClN2/c1-4-10-21(13-15-8-9-15)18-7-5-6-17(19)16(18)12-20-11-14(2)3/h5-7,14-15,20H,4,8-13H2,1-3H3. The number of hydrogen-bond donors (Lipinski definition) is 1. The Morgan fingerprint density at radius 2 is 2.10 bits per heavy atom. The molecule has 0 atom stereocenters. The first kappa shape index (κ1) is 16.6. The van der Waals surface area contributed by atoms with Crippen molar-refractivity contribution in [3.63, 3.8) is 0 Å². The molecule has 0 saturated heterocycles. The van der Waals surface area contributed by atoms with Crippen LogP contribution in [0.5, 0.6) is 0 Å². The lowest BCUT2D eigenvalue weighted by atomic mass is 10.1. The van der Waals surface area contributed by atoms with E-state index in [2.05, 4.69) is 43.1 Å². The van der Waals surface area contributed by atoms with E-state index in [0.717, 1.165) is 30.6 Å². The fraction of sp³-hybridized carbons (Fsp3) is 0.667. The van der Waals surface area contributed by atoms with Crippen molar-refractivity contribution >= 4 is 17.3 Å². The molecule has 0 spiro atoms. The minimum Gasteiger partial charge on any atom is -0.371 e. The quantitative estimate of drug-likeness (QED) is 0.710. The van der Waals surface area contributed by atoms with Crippen molar-refractivity contribution in [2.75, 3.05) is 24.5 Å². The maximum atomic E-state index is 6.47. The van der Waals surface area contributed by atoms with Gasteiger partial charge in [0.05, 0.1) is 0 Å². The second kappa shape index (κ2) is 8.05. The van der Waals surface area contributed by atoms with E-state index in [1.165, 1.54) is 37.1 Å². The molecule has 1 aliphatic carbocycles. The molecule has 1 aromatic rings. The van der Waals surface area contributed by atoms with Gasteiger partial charge in [-0.15, -0.1) is 0 Å². The van der Waals surface area contributed by atoms with Crippen molar-refractivity contribution in [1.82, 2.24) is 5.32 Å². The first-order valence-electron chi connectivity index (χ1n) is 8.34. The number of halogens is 1. The van der Waals surface area contributed by atoms with Crippen molar-refractivity contribution in [3.05, 3.63) is 28.8 Å². The van der Waals surface area contributed by atoms with Gasteiger partial charge in [0.1, 0.15) is 0 Å². The Hall–Kier alpha value is -0.730. The van der Waals surface area contributed by atoms with Gasteiger partial charge in [-0.05, 0) is 49.8 Å². The van der Waals surface area contributed by atoms with Crippen LogP contribution in [-0.2, 0) is 6.54 Å². The fourth-order valence-electron chi connectivity index (χ4n) is 2.70. The van der Waals surface area contributed by atoms with Crippen LogP contribution < -0.4 is 10.2 Å². The van der Waals surface area contributed by atoms with Gasteiger partial charge in [0.2, 0.25) is 0 Å². The summed E-state index contributed by atoms with van der Waals surface area (Å²) in [6.07, 6.45) is 3.96. The summed E-state index contributed by atoms with van der Waals surface area (Å²) in [5.41, 5.74) is 2.58. The average molecular weight is 309 g/mol. The zero-order chi connectivity index (χ0) is 15.2. The van der Waals surface area contributed by atoms with Crippen molar-refractivity contribution < 1.29 is 0 Å². The van der Waals surface area contributed by atoms with E-state index in [0.29, 0.717) is 5.92 Å². The molecular formula is C18H29ClN2. The van der Waals surface area contributed by atoms with Gasteiger partial charge in [0.25, 0.3) is 0 Å². The second-order valence-electron chi connectivity index (χ2n) is 6.65. The lowest BCUT2D eigenvalue weighted by molar-refractivity contribution is 0.551. The van der Waals surface area contributed by atoms with Gasteiger partial charge in [-0.2, -0.15) is 0 Å². The highest BCUT2D eigenvalue weighted by Crippen LogP contribution is 2.34. The first-order chi connectivity index (χ1) is 10.1. The van der Waals surface area contributed by atoms with Crippen molar-refractivity contribution in [1.29, 1.82) is 0 Å². The normalized spacial score (nSPS) is 14.7. The summed E-state index contributed by atoms with van der Waals surface area (Å²) in [6.45, 7) is 10.9. The summed E-state index contributed by atoms with van der Waals surface area (Å²) in [5.74, 6) is 1.56. The number of rotatable bonds is 9. The predicted molar refractivity (Wildman–Crippen MR) is 93.2 cm³/mol. The van der Waals surface area contributed by atoms with Gasteiger partial charge in [0, 0.05) is 35.9 Å². The number of benzene rings is 1. The Labute approximate surface area is 134 Å².